The minimum absolute atomic E-state index is 0.0205. The van der Waals surface area contributed by atoms with Crippen molar-refractivity contribution in [1.29, 1.82) is 0 Å². The number of rotatable bonds is 5. The zero-order valence-electron chi connectivity index (χ0n) is 20.3. The van der Waals surface area contributed by atoms with E-state index >= 15 is 0 Å². The zero-order valence-corrected chi connectivity index (χ0v) is 22.6. The van der Waals surface area contributed by atoms with Gasteiger partial charge in [-0.3, -0.25) is 14.5 Å². The Bertz CT molecular complexity index is 1340. The number of amides is 1. The minimum Gasteiger partial charge on any atom is -0.507 e. The number of thiophene rings is 1. The van der Waals surface area contributed by atoms with Crippen LogP contribution in [0.3, 0.4) is 0 Å². The van der Waals surface area contributed by atoms with Gasteiger partial charge < -0.3 is 19.6 Å². The summed E-state index contributed by atoms with van der Waals surface area (Å²) in [7, 11) is 3.54. The molecule has 1 amide bonds. The van der Waals surface area contributed by atoms with E-state index in [2.05, 4.69) is 16.8 Å². The lowest BCUT2D eigenvalue weighted by Crippen LogP contribution is -2.44. The lowest BCUT2D eigenvalue weighted by atomic mass is 9.99. The van der Waals surface area contributed by atoms with E-state index in [-0.39, 0.29) is 32.7 Å². The molecule has 37 heavy (non-hydrogen) atoms. The molecular formula is C27H25Cl2N3O4S. The van der Waals surface area contributed by atoms with Crippen LogP contribution in [0.2, 0.25) is 10.0 Å². The highest BCUT2D eigenvalue weighted by Crippen LogP contribution is 2.45. The average molecular weight is 558 g/mol. The predicted octanol–water partition coefficient (Wildman–Crippen LogP) is 5.44. The summed E-state index contributed by atoms with van der Waals surface area (Å²) in [6.07, 6.45) is 0. The van der Waals surface area contributed by atoms with Crippen LogP contribution in [0.4, 0.5) is 11.4 Å². The van der Waals surface area contributed by atoms with Gasteiger partial charge >= 0.3 is 0 Å². The Morgan fingerprint density at radius 1 is 1.00 bits per heavy atom. The Balaban J connectivity index is 1.56. The molecule has 2 aliphatic rings. The van der Waals surface area contributed by atoms with Crippen molar-refractivity contribution < 1.29 is 19.4 Å². The minimum atomic E-state index is -0.797. The summed E-state index contributed by atoms with van der Waals surface area (Å²) in [5.74, 6) is -1.57. The van der Waals surface area contributed by atoms with Crippen molar-refractivity contribution in [2.75, 3.05) is 50.1 Å². The first-order valence-electron chi connectivity index (χ1n) is 11.7. The van der Waals surface area contributed by atoms with Gasteiger partial charge in [0, 0.05) is 48.0 Å². The van der Waals surface area contributed by atoms with E-state index in [0.717, 1.165) is 36.7 Å². The normalized spacial score (nSPS) is 20.1. The van der Waals surface area contributed by atoms with Gasteiger partial charge in [0.1, 0.15) is 11.8 Å². The number of aliphatic hydroxyl groups is 1. The van der Waals surface area contributed by atoms with Gasteiger partial charge in [-0.05, 0) is 54.9 Å². The Morgan fingerprint density at radius 3 is 2.19 bits per heavy atom. The molecule has 1 atom stereocenters. The van der Waals surface area contributed by atoms with Gasteiger partial charge in [-0.15, -0.1) is 11.3 Å². The number of halogens is 2. The number of ether oxygens (including phenoxy) is 1. The molecule has 0 aliphatic carbocycles. The molecule has 2 fully saturated rings. The smallest absolute Gasteiger partial charge is 0.300 e. The molecule has 2 aliphatic heterocycles. The molecule has 5 rings (SSSR count). The van der Waals surface area contributed by atoms with Crippen LogP contribution < -0.4 is 14.5 Å². The maximum Gasteiger partial charge on any atom is 0.300 e. The molecule has 7 nitrogen and oxygen atoms in total. The lowest BCUT2D eigenvalue weighted by Gasteiger charge is -2.34. The van der Waals surface area contributed by atoms with Crippen molar-refractivity contribution >= 4 is 63.4 Å². The largest absolute Gasteiger partial charge is 0.507 e. The summed E-state index contributed by atoms with van der Waals surface area (Å²) in [6, 6.07) is 13.4. The molecule has 0 saturated carbocycles. The van der Waals surface area contributed by atoms with Gasteiger partial charge in [-0.25, -0.2) is 0 Å². The Hall–Kier alpha value is -3.04. The molecule has 1 aromatic heterocycles. The summed E-state index contributed by atoms with van der Waals surface area (Å²) in [6.45, 7) is 3.80. The van der Waals surface area contributed by atoms with Crippen LogP contribution in [0.1, 0.15) is 16.5 Å². The van der Waals surface area contributed by atoms with E-state index in [1.54, 1.807) is 0 Å². The van der Waals surface area contributed by atoms with Crippen LogP contribution in [0.15, 0.2) is 59.5 Å². The molecule has 3 heterocycles. The summed E-state index contributed by atoms with van der Waals surface area (Å²) in [4.78, 5) is 33.5. The number of Topliss-reactive ketones (excluding diaryl/α,β-unsaturated/α-hetero) is 1. The SMILES string of the molecule is COc1c(Cl)cc(/C(O)=C2/C(=O)C(=O)N(c3ccc(N4CCN(C)CC4)cc3)C2c2cccs2)cc1Cl. The predicted molar refractivity (Wildman–Crippen MR) is 148 cm³/mol. The number of nitrogens with zero attached hydrogens (tertiary/aromatic N) is 3. The fourth-order valence-corrected chi connectivity index (χ4v) is 6.22. The number of hydrogen-bond donors (Lipinski definition) is 1. The highest BCUT2D eigenvalue weighted by Gasteiger charge is 2.47. The number of carbonyl (C=O) groups excluding carboxylic acids is 2. The molecule has 2 saturated heterocycles. The second-order valence-electron chi connectivity index (χ2n) is 8.96. The van der Waals surface area contributed by atoms with Gasteiger partial charge in [-0.1, -0.05) is 29.3 Å². The second kappa shape index (κ2) is 10.4. The van der Waals surface area contributed by atoms with Crippen LogP contribution >= 0.6 is 34.5 Å². The number of piperazine rings is 1. The molecular weight excluding hydrogens is 533 g/mol. The van der Waals surface area contributed by atoms with E-state index in [1.165, 1.54) is 35.5 Å². The number of benzene rings is 2. The highest BCUT2D eigenvalue weighted by atomic mass is 35.5. The quantitative estimate of drug-likeness (QED) is 0.256. The van der Waals surface area contributed by atoms with E-state index in [4.69, 9.17) is 27.9 Å². The molecule has 10 heteroatoms. The first-order chi connectivity index (χ1) is 17.8. The van der Waals surface area contributed by atoms with Crippen LogP contribution in [-0.4, -0.2) is 62.0 Å². The molecule has 2 aromatic carbocycles. The number of anilines is 2. The maximum absolute atomic E-state index is 13.4. The van der Waals surface area contributed by atoms with Gasteiger partial charge in [0.2, 0.25) is 0 Å². The summed E-state index contributed by atoms with van der Waals surface area (Å²) in [5.41, 5.74) is 1.83. The molecule has 3 aromatic rings. The van der Waals surface area contributed by atoms with E-state index in [1.807, 2.05) is 41.8 Å². The third-order valence-electron chi connectivity index (χ3n) is 6.73. The van der Waals surface area contributed by atoms with Crippen LogP contribution in [0.25, 0.3) is 5.76 Å². The molecule has 1 N–H and O–H groups in total. The Labute approximate surface area is 229 Å². The number of methoxy groups -OCH3 is 1. The number of ketones is 1. The number of carbonyl (C=O) groups is 2. The standard InChI is InChI=1S/C27H25Cl2N3O4S/c1-30-9-11-31(12-10-30)17-5-7-18(8-6-17)32-23(21-4-3-13-37-21)22(25(34)27(32)35)24(33)16-14-19(28)26(36-2)20(29)15-16/h3-8,13-15,23,33H,9-12H2,1-2H3/b24-22-. The van der Waals surface area contributed by atoms with Crippen molar-refractivity contribution in [2.45, 2.75) is 6.04 Å². The summed E-state index contributed by atoms with van der Waals surface area (Å²) >= 11 is 14.0. The fraction of sp³-hybridized carbons (Fsp3) is 0.259. The van der Waals surface area contributed by atoms with Crippen molar-refractivity contribution in [1.82, 2.24) is 4.90 Å². The Morgan fingerprint density at radius 2 is 1.62 bits per heavy atom. The van der Waals surface area contributed by atoms with Crippen molar-refractivity contribution in [3.05, 3.63) is 80.0 Å². The van der Waals surface area contributed by atoms with Crippen molar-refractivity contribution in [2.24, 2.45) is 0 Å². The van der Waals surface area contributed by atoms with Crippen LogP contribution in [0, 0.1) is 0 Å². The number of likely N-dealkylation sites (N-methyl/N-ethyl adjacent to an activating group) is 1. The van der Waals surface area contributed by atoms with Gasteiger partial charge in [0.25, 0.3) is 11.7 Å². The van der Waals surface area contributed by atoms with Gasteiger partial charge in [-0.2, -0.15) is 0 Å². The highest BCUT2D eigenvalue weighted by molar-refractivity contribution is 7.10. The molecule has 1 unspecified atom stereocenters. The third-order valence-corrected chi connectivity index (χ3v) is 8.22. The first kappa shape index (κ1) is 25.6. The summed E-state index contributed by atoms with van der Waals surface area (Å²) < 4.78 is 5.19. The topological polar surface area (TPSA) is 73.3 Å². The molecule has 0 radical (unpaired) electrons. The average Bonchev–Trinajstić information content (AvgIpc) is 3.51. The van der Waals surface area contributed by atoms with Crippen LogP contribution in [0.5, 0.6) is 5.75 Å². The zero-order chi connectivity index (χ0) is 26.3. The first-order valence-corrected chi connectivity index (χ1v) is 13.3. The number of aliphatic hydroxyl groups excluding tert-OH is 1. The second-order valence-corrected chi connectivity index (χ2v) is 10.8. The molecule has 0 bridgehead atoms. The van der Waals surface area contributed by atoms with Gasteiger partial charge in [0.05, 0.1) is 22.7 Å². The molecule has 192 valence electrons. The summed E-state index contributed by atoms with van der Waals surface area (Å²) in [5, 5.41) is 13.5. The monoisotopic (exact) mass is 557 g/mol. The maximum atomic E-state index is 13.4. The van der Waals surface area contributed by atoms with Gasteiger partial charge in [0.15, 0.2) is 5.75 Å². The third kappa shape index (κ3) is 4.70. The number of hydrogen-bond acceptors (Lipinski definition) is 7. The Kier molecular flexibility index (Phi) is 7.18. The lowest BCUT2D eigenvalue weighted by molar-refractivity contribution is -0.132. The molecule has 0 spiro atoms. The van der Waals surface area contributed by atoms with E-state index in [0.29, 0.717) is 5.69 Å². The van der Waals surface area contributed by atoms with Crippen molar-refractivity contribution in [3.63, 3.8) is 0 Å². The fourth-order valence-electron chi connectivity index (χ4n) is 4.75. The van der Waals surface area contributed by atoms with E-state index in [9.17, 15) is 14.7 Å². The van der Waals surface area contributed by atoms with Crippen LogP contribution in [-0.2, 0) is 9.59 Å². The van der Waals surface area contributed by atoms with E-state index < -0.39 is 17.7 Å². The van der Waals surface area contributed by atoms with Crippen molar-refractivity contribution in [3.8, 4) is 5.75 Å².